The molecule has 0 amide bonds. The van der Waals surface area contributed by atoms with Crippen LogP contribution in [0.3, 0.4) is 0 Å². The molecule has 26 heavy (non-hydrogen) atoms. The average Bonchev–Trinajstić information content (AvgIpc) is 3.12. The lowest BCUT2D eigenvalue weighted by molar-refractivity contribution is 0.202. The van der Waals surface area contributed by atoms with Crippen molar-refractivity contribution in [2.24, 2.45) is 0 Å². The highest BCUT2D eigenvalue weighted by atomic mass is 15.2. The van der Waals surface area contributed by atoms with Crippen LogP contribution < -0.4 is 0 Å². The fourth-order valence-electron chi connectivity index (χ4n) is 4.63. The van der Waals surface area contributed by atoms with Gasteiger partial charge in [-0.05, 0) is 55.8 Å². The van der Waals surface area contributed by atoms with E-state index in [1.165, 1.54) is 59.6 Å². The number of piperidine rings is 1. The zero-order valence-electron chi connectivity index (χ0n) is 15.1. The van der Waals surface area contributed by atoms with Crippen molar-refractivity contribution in [1.29, 1.82) is 0 Å². The van der Waals surface area contributed by atoms with E-state index in [0.717, 1.165) is 25.3 Å². The van der Waals surface area contributed by atoms with Crippen molar-refractivity contribution in [3.8, 4) is 11.3 Å². The van der Waals surface area contributed by atoms with Crippen molar-refractivity contribution in [1.82, 2.24) is 15.1 Å². The number of hydrogen-bond acceptors (Lipinski definition) is 2. The summed E-state index contributed by atoms with van der Waals surface area (Å²) in [5.41, 5.74) is 8.20. The van der Waals surface area contributed by atoms with Gasteiger partial charge in [0.2, 0.25) is 0 Å². The summed E-state index contributed by atoms with van der Waals surface area (Å²) < 4.78 is 0. The molecule has 3 aromatic rings. The molecule has 0 spiro atoms. The number of aromatic amines is 1. The Kier molecular flexibility index (Phi) is 4.10. The molecule has 132 valence electrons. The second kappa shape index (κ2) is 6.73. The third-order valence-electron chi connectivity index (χ3n) is 6.11. The van der Waals surface area contributed by atoms with Crippen LogP contribution in [0.5, 0.6) is 0 Å². The minimum Gasteiger partial charge on any atom is -0.297 e. The van der Waals surface area contributed by atoms with Gasteiger partial charge in [0, 0.05) is 17.7 Å². The SMILES string of the molecule is c1ccc(C2CCN(Cc3[nH]nc4c3CCc3ccccc3-4)CC2)cc1. The molecule has 2 heterocycles. The summed E-state index contributed by atoms with van der Waals surface area (Å²) >= 11 is 0. The Bertz CT molecular complexity index is 889. The van der Waals surface area contributed by atoms with Gasteiger partial charge in [0.1, 0.15) is 0 Å². The zero-order valence-corrected chi connectivity index (χ0v) is 15.1. The van der Waals surface area contributed by atoms with E-state index in [1.807, 2.05) is 0 Å². The second-order valence-corrected chi connectivity index (χ2v) is 7.65. The van der Waals surface area contributed by atoms with Crippen LogP contribution in [0.25, 0.3) is 11.3 Å². The van der Waals surface area contributed by atoms with Crippen molar-refractivity contribution in [3.05, 3.63) is 77.0 Å². The normalized spacial score (nSPS) is 17.7. The summed E-state index contributed by atoms with van der Waals surface area (Å²) in [5.74, 6) is 0.718. The molecule has 2 aromatic carbocycles. The molecule has 1 aromatic heterocycles. The fraction of sp³-hybridized carbons (Fsp3) is 0.348. The van der Waals surface area contributed by atoms with E-state index < -0.39 is 0 Å². The van der Waals surface area contributed by atoms with Crippen molar-refractivity contribution in [3.63, 3.8) is 0 Å². The standard InChI is InChI=1S/C23H25N3/c1-2-6-17(7-3-1)18-12-14-26(15-13-18)16-22-21-11-10-19-8-4-5-9-20(19)23(21)25-24-22/h1-9,18H,10-16H2,(H,24,25). The Labute approximate surface area is 155 Å². The maximum Gasteiger partial charge on any atom is 0.0958 e. The first-order valence-corrected chi connectivity index (χ1v) is 9.80. The third-order valence-corrected chi connectivity index (χ3v) is 6.11. The molecular formula is C23H25N3. The fourth-order valence-corrected chi connectivity index (χ4v) is 4.63. The summed E-state index contributed by atoms with van der Waals surface area (Å²) in [4.78, 5) is 2.59. The van der Waals surface area contributed by atoms with Crippen molar-refractivity contribution < 1.29 is 0 Å². The van der Waals surface area contributed by atoms with Crippen LogP contribution in [0.1, 0.15) is 41.1 Å². The number of hydrogen-bond donors (Lipinski definition) is 1. The lowest BCUT2D eigenvalue weighted by Crippen LogP contribution is -2.32. The Morgan fingerprint density at radius 1 is 0.923 bits per heavy atom. The largest absolute Gasteiger partial charge is 0.297 e. The third kappa shape index (κ3) is 2.86. The monoisotopic (exact) mass is 343 g/mol. The molecule has 0 unspecified atom stereocenters. The minimum atomic E-state index is 0.718. The van der Waals surface area contributed by atoms with E-state index in [4.69, 9.17) is 0 Å². The lowest BCUT2D eigenvalue weighted by atomic mass is 9.88. The Balaban J connectivity index is 1.28. The van der Waals surface area contributed by atoms with E-state index in [1.54, 1.807) is 0 Å². The van der Waals surface area contributed by atoms with Crippen LogP contribution >= 0.6 is 0 Å². The highest BCUT2D eigenvalue weighted by molar-refractivity contribution is 5.70. The average molecular weight is 343 g/mol. The van der Waals surface area contributed by atoms with E-state index in [-0.39, 0.29) is 0 Å². The number of likely N-dealkylation sites (tertiary alicyclic amines) is 1. The molecule has 0 saturated carbocycles. The molecule has 0 bridgehead atoms. The Morgan fingerprint density at radius 3 is 2.54 bits per heavy atom. The summed E-state index contributed by atoms with van der Waals surface area (Å²) in [6, 6.07) is 19.7. The van der Waals surface area contributed by atoms with Crippen LogP contribution in [0.15, 0.2) is 54.6 Å². The first-order valence-electron chi connectivity index (χ1n) is 9.80. The first kappa shape index (κ1) is 15.8. The first-order chi connectivity index (χ1) is 12.9. The number of H-pyrrole nitrogens is 1. The molecule has 1 saturated heterocycles. The molecule has 0 radical (unpaired) electrons. The van der Waals surface area contributed by atoms with Crippen LogP contribution in [-0.4, -0.2) is 28.2 Å². The van der Waals surface area contributed by atoms with Gasteiger partial charge in [-0.3, -0.25) is 10.00 Å². The molecule has 1 aliphatic heterocycles. The highest BCUT2D eigenvalue weighted by Gasteiger charge is 2.25. The van der Waals surface area contributed by atoms with Gasteiger partial charge >= 0.3 is 0 Å². The predicted octanol–water partition coefficient (Wildman–Crippen LogP) is 4.55. The van der Waals surface area contributed by atoms with Gasteiger partial charge in [0.05, 0.1) is 11.4 Å². The maximum absolute atomic E-state index is 4.67. The number of rotatable bonds is 3. The minimum absolute atomic E-state index is 0.718. The zero-order chi connectivity index (χ0) is 17.3. The lowest BCUT2D eigenvalue weighted by Gasteiger charge is -2.32. The molecule has 0 atom stereocenters. The smallest absolute Gasteiger partial charge is 0.0958 e. The van der Waals surface area contributed by atoms with Gasteiger partial charge in [0.15, 0.2) is 0 Å². The number of aromatic nitrogens is 2. The summed E-state index contributed by atoms with van der Waals surface area (Å²) in [5, 5.41) is 8.03. The molecule has 3 heteroatoms. The molecule has 5 rings (SSSR count). The van der Waals surface area contributed by atoms with Crippen LogP contribution in [0.4, 0.5) is 0 Å². The second-order valence-electron chi connectivity index (χ2n) is 7.65. The van der Waals surface area contributed by atoms with Crippen molar-refractivity contribution in [2.75, 3.05) is 13.1 Å². The van der Waals surface area contributed by atoms with Crippen LogP contribution in [0.2, 0.25) is 0 Å². The van der Waals surface area contributed by atoms with Gasteiger partial charge in [0.25, 0.3) is 0 Å². The quantitative estimate of drug-likeness (QED) is 0.756. The highest BCUT2D eigenvalue weighted by Crippen LogP contribution is 2.34. The molecule has 3 nitrogen and oxygen atoms in total. The van der Waals surface area contributed by atoms with Gasteiger partial charge in [-0.25, -0.2) is 0 Å². The van der Waals surface area contributed by atoms with Crippen LogP contribution in [-0.2, 0) is 19.4 Å². The van der Waals surface area contributed by atoms with Gasteiger partial charge in [-0.15, -0.1) is 0 Å². The van der Waals surface area contributed by atoms with Gasteiger partial charge < -0.3 is 0 Å². The predicted molar refractivity (Wildman–Crippen MR) is 105 cm³/mol. The Hall–Kier alpha value is -2.39. The van der Waals surface area contributed by atoms with Gasteiger partial charge in [-0.1, -0.05) is 54.6 Å². The summed E-state index contributed by atoms with van der Waals surface area (Å²) in [6.45, 7) is 3.35. The van der Waals surface area contributed by atoms with E-state index in [0.29, 0.717) is 0 Å². The summed E-state index contributed by atoms with van der Waals surface area (Å²) in [7, 11) is 0. The maximum atomic E-state index is 4.67. The number of aryl methyl sites for hydroxylation is 1. The molecule has 1 fully saturated rings. The Morgan fingerprint density at radius 2 is 1.69 bits per heavy atom. The van der Waals surface area contributed by atoms with Crippen molar-refractivity contribution >= 4 is 0 Å². The molecule has 1 aliphatic carbocycles. The van der Waals surface area contributed by atoms with Crippen LogP contribution in [0, 0.1) is 0 Å². The summed E-state index contributed by atoms with van der Waals surface area (Å²) in [6.07, 6.45) is 4.75. The molecule has 1 N–H and O–H groups in total. The number of nitrogens with one attached hydrogen (secondary N) is 1. The number of fused-ring (bicyclic) bond motifs is 3. The topological polar surface area (TPSA) is 31.9 Å². The van der Waals surface area contributed by atoms with E-state index in [9.17, 15) is 0 Å². The van der Waals surface area contributed by atoms with E-state index >= 15 is 0 Å². The van der Waals surface area contributed by atoms with Crippen molar-refractivity contribution in [2.45, 2.75) is 38.1 Å². The number of benzene rings is 2. The molecule has 2 aliphatic rings. The van der Waals surface area contributed by atoms with E-state index in [2.05, 4.69) is 69.7 Å². The molecular weight excluding hydrogens is 318 g/mol. The van der Waals surface area contributed by atoms with Gasteiger partial charge in [-0.2, -0.15) is 5.10 Å². The number of nitrogens with zero attached hydrogens (tertiary/aromatic N) is 2.